The first-order chi connectivity index (χ1) is 8.25. The first-order valence-corrected chi connectivity index (χ1v) is 7.39. The van der Waals surface area contributed by atoms with Crippen molar-refractivity contribution in [2.24, 2.45) is 17.1 Å². The zero-order valence-corrected chi connectivity index (χ0v) is 13.0. The number of aromatic nitrogens is 1. The molecule has 3 nitrogen and oxygen atoms in total. The van der Waals surface area contributed by atoms with E-state index in [-0.39, 0.29) is 17.4 Å². The number of nitrogens with zero attached hydrogens (tertiary/aromatic N) is 1. The molecule has 0 aliphatic carbocycles. The van der Waals surface area contributed by atoms with Crippen molar-refractivity contribution in [1.29, 1.82) is 0 Å². The fourth-order valence-corrected chi connectivity index (χ4v) is 3.03. The summed E-state index contributed by atoms with van der Waals surface area (Å²) >= 11 is 1.67. The van der Waals surface area contributed by atoms with Gasteiger partial charge in [-0.1, -0.05) is 34.6 Å². The fraction of sp³-hybridized carbons (Fsp3) is 0.786. The summed E-state index contributed by atoms with van der Waals surface area (Å²) in [6.07, 6.45) is 0.762. The van der Waals surface area contributed by atoms with Crippen LogP contribution in [0.1, 0.15) is 45.3 Å². The quantitative estimate of drug-likeness (QED) is 0.864. The van der Waals surface area contributed by atoms with Crippen molar-refractivity contribution in [2.75, 3.05) is 13.2 Å². The zero-order valence-electron chi connectivity index (χ0n) is 12.2. The maximum atomic E-state index is 9.67. The average molecular weight is 270 g/mol. The van der Waals surface area contributed by atoms with E-state index in [4.69, 9.17) is 10.7 Å². The molecule has 0 aromatic carbocycles. The SMILES string of the molecule is CC(C)C(CN)(CO)Cc1nc(C(C)(C)C)cs1. The Hall–Kier alpha value is -0.450. The van der Waals surface area contributed by atoms with E-state index in [9.17, 15) is 5.11 Å². The minimum atomic E-state index is -0.243. The van der Waals surface area contributed by atoms with Gasteiger partial charge in [-0.25, -0.2) is 4.98 Å². The summed E-state index contributed by atoms with van der Waals surface area (Å²) in [5, 5.41) is 12.9. The molecule has 0 saturated carbocycles. The number of aliphatic hydroxyl groups is 1. The molecule has 0 amide bonds. The number of thiazole rings is 1. The van der Waals surface area contributed by atoms with Gasteiger partial charge < -0.3 is 10.8 Å². The highest BCUT2D eigenvalue weighted by atomic mass is 32.1. The molecule has 1 aromatic rings. The molecule has 0 spiro atoms. The van der Waals surface area contributed by atoms with Crippen LogP contribution >= 0.6 is 11.3 Å². The number of hydrogen-bond acceptors (Lipinski definition) is 4. The Bertz CT molecular complexity index is 375. The van der Waals surface area contributed by atoms with E-state index in [1.807, 2.05) is 0 Å². The van der Waals surface area contributed by atoms with E-state index in [0.717, 1.165) is 17.1 Å². The van der Waals surface area contributed by atoms with E-state index < -0.39 is 0 Å². The minimum Gasteiger partial charge on any atom is -0.396 e. The summed E-state index contributed by atoms with van der Waals surface area (Å²) in [5.74, 6) is 0.342. The Morgan fingerprint density at radius 2 is 2.00 bits per heavy atom. The predicted molar refractivity (Wildman–Crippen MR) is 77.9 cm³/mol. The number of rotatable bonds is 5. The smallest absolute Gasteiger partial charge is 0.0935 e. The number of nitrogens with two attached hydrogens (primary N) is 1. The largest absolute Gasteiger partial charge is 0.396 e. The van der Waals surface area contributed by atoms with E-state index in [0.29, 0.717) is 12.5 Å². The standard InChI is InChI=1S/C14H26N2OS/c1-10(2)14(8-15,9-17)6-12-16-11(7-18-12)13(3,4)5/h7,10,17H,6,8-9,15H2,1-5H3. The molecule has 1 heterocycles. The van der Waals surface area contributed by atoms with Crippen molar-refractivity contribution < 1.29 is 5.11 Å². The molecule has 4 heteroatoms. The molecule has 1 atom stereocenters. The second-order valence-electron chi connectivity index (χ2n) is 6.43. The van der Waals surface area contributed by atoms with Gasteiger partial charge in [0.05, 0.1) is 17.3 Å². The molecule has 0 aliphatic rings. The Kier molecular flexibility index (Phi) is 4.92. The van der Waals surface area contributed by atoms with E-state index >= 15 is 0 Å². The van der Waals surface area contributed by atoms with Gasteiger partial charge >= 0.3 is 0 Å². The third kappa shape index (κ3) is 3.31. The van der Waals surface area contributed by atoms with Crippen molar-refractivity contribution in [1.82, 2.24) is 4.98 Å². The lowest BCUT2D eigenvalue weighted by molar-refractivity contribution is 0.0841. The highest BCUT2D eigenvalue weighted by molar-refractivity contribution is 7.09. The van der Waals surface area contributed by atoms with Crippen LogP contribution in [0.3, 0.4) is 0 Å². The molecule has 104 valence electrons. The molecule has 3 N–H and O–H groups in total. The van der Waals surface area contributed by atoms with Crippen molar-refractivity contribution in [3.63, 3.8) is 0 Å². The van der Waals surface area contributed by atoms with Gasteiger partial charge in [0, 0.05) is 29.2 Å². The Morgan fingerprint density at radius 3 is 2.33 bits per heavy atom. The lowest BCUT2D eigenvalue weighted by Crippen LogP contribution is -2.41. The van der Waals surface area contributed by atoms with Crippen molar-refractivity contribution in [3.05, 3.63) is 16.1 Å². The molecule has 0 aliphatic heterocycles. The van der Waals surface area contributed by atoms with Gasteiger partial charge in [-0.15, -0.1) is 11.3 Å². The molecule has 18 heavy (non-hydrogen) atoms. The van der Waals surface area contributed by atoms with Crippen molar-refractivity contribution in [3.8, 4) is 0 Å². The maximum absolute atomic E-state index is 9.67. The van der Waals surface area contributed by atoms with E-state index in [1.54, 1.807) is 11.3 Å². The molecule has 1 rings (SSSR count). The van der Waals surface area contributed by atoms with Crippen molar-refractivity contribution in [2.45, 2.75) is 46.5 Å². The minimum absolute atomic E-state index is 0.0805. The molecule has 0 radical (unpaired) electrons. The summed E-state index contributed by atoms with van der Waals surface area (Å²) in [7, 11) is 0. The van der Waals surface area contributed by atoms with Gasteiger partial charge in [0.15, 0.2) is 0 Å². The maximum Gasteiger partial charge on any atom is 0.0935 e. The summed E-state index contributed by atoms with van der Waals surface area (Å²) in [6.45, 7) is 11.3. The molecular formula is C14H26N2OS. The van der Waals surface area contributed by atoms with Crippen molar-refractivity contribution >= 4 is 11.3 Å². The van der Waals surface area contributed by atoms with Crippen LogP contribution in [0.2, 0.25) is 0 Å². The van der Waals surface area contributed by atoms with Gasteiger partial charge in [-0.05, 0) is 5.92 Å². The van der Waals surface area contributed by atoms with Crippen LogP contribution < -0.4 is 5.73 Å². The summed E-state index contributed by atoms with van der Waals surface area (Å²) < 4.78 is 0. The van der Waals surface area contributed by atoms with E-state index in [2.05, 4.69) is 40.0 Å². The first-order valence-electron chi connectivity index (χ1n) is 6.51. The average Bonchev–Trinajstić information content (AvgIpc) is 2.73. The Labute approximate surface area is 114 Å². The Balaban J connectivity index is 2.92. The molecule has 0 fully saturated rings. The lowest BCUT2D eigenvalue weighted by atomic mass is 9.75. The summed E-state index contributed by atoms with van der Waals surface area (Å²) in [4.78, 5) is 4.70. The number of aliphatic hydroxyl groups excluding tert-OH is 1. The second kappa shape index (κ2) is 5.68. The monoisotopic (exact) mass is 270 g/mol. The first kappa shape index (κ1) is 15.6. The Morgan fingerprint density at radius 1 is 1.39 bits per heavy atom. The van der Waals surface area contributed by atoms with Gasteiger partial charge in [-0.2, -0.15) is 0 Å². The third-order valence-corrected chi connectivity index (χ3v) is 4.62. The second-order valence-corrected chi connectivity index (χ2v) is 7.38. The van der Waals surface area contributed by atoms with Crippen LogP contribution in [0.15, 0.2) is 5.38 Å². The van der Waals surface area contributed by atoms with Crippen LogP contribution in [0.4, 0.5) is 0 Å². The van der Waals surface area contributed by atoms with Gasteiger partial charge in [0.2, 0.25) is 0 Å². The molecule has 0 bridgehead atoms. The van der Waals surface area contributed by atoms with Gasteiger partial charge in [-0.3, -0.25) is 0 Å². The highest BCUT2D eigenvalue weighted by Gasteiger charge is 2.33. The van der Waals surface area contributed by atoms with E-state index in [1.165, 1.54) is 0 Å². The molecule has 0 saturated heterocycles. The zero-order chi connectivity index (χ0) is 14.0. The topological polar surface area (TPSA) is 59.1 Å². The summed E-state index contributed by atoms with van der Waals surface area (Å²) in [6, 6.07) is 0. The van der Waals surface area contributed by atoms with Crippen LogP contribution in [0.25, 0.3) is 0 Å². The van der Waals surface area contributed by atoms with Gasteiger partial charge in [0.25, 0.3) is 0 Å². The van der Waals surface area contributed by atoms with Crippen LogP contribution in [-0.4, -0.2) is 23.2 Å². The number of hydrogen-bond donors (Lipinski definition) is 2. The predicted octanol–water partition coefficient (Wildman–Crippen LogP) is 2.58. The van der Waals surface area contributed by atoms with Gasteiger partial charge in [0.1, 0.15) is 0 Å². The van der Waals surface area contributed by atoms with Crippen LogP contribution in [0.5, 0.6) is 0 Å². The summed E-state index contributed by atoms with van der Waals surface area (Å²) in [5.41, 5.74) is 6.83. The normalized spacial score (nSPS) is 16.0. The third-order valence-electron chi connectivity index (χ3n) is 3.77. The molecule has 1 aromatic heterocycles. The highest BCUT2D eigenvalue weighted by Crippen LogP contribution is 2.33. The molecular weight excluding hydrogens is 244 g/mol. The fourth-order valence-electron chi connectivity index (χ4n) is 1.85. The molecule has 1 unspecified atom stereocenters. The van der Waals surface area contributed by atoms with Crippen LogP contribution in [0, 0.1) is 11.3 Å². The lowest BCUT2D eigenvalue weighted by Gasteiger charge is -2.33. The van der Waals surface area contributed by atoms with Crippen LogP contribution in [-0.2, 0) is 11.8 Å².